The second-order valence-electron chi connectivity index (χ2n) is 5.58. The van der Waals surface area contributed by atoms with Crippen LogP contribution in [0.1, 0.15) is 25.0 Å². The molecule has 0 aliphatic carbocycles. The highest BCUT2D eigenvalue weighted by Gasteiger charge is 2.23. The number of anilines is 1. The topological polar surface area (TPSA) is 24.5 Å². The fraction of sp³-hybridized carbons (Fsp3) is 0.600. The molecule has 2 aliphatic rings. The third-order valence-corrected chi connectivity index (χ3v) is 3.82. The number of benzene rings is 1. The molecule has 1 aromatic carbocycles. The molecule has 2 heterocycles. The highest BCUT2D eigenvalue weighted by Crippen LogP contribution is 2.28. The summed E-state index contributed by atoms with van der Waals surface area (Å²) in [5.41, 5.74) is 4.29. The summed E-state index contributed by atoms with van der Waals surface area (Å²) in [6.07, 6.45) is 1.86. The van der Waals surface area contributed by atoms with Crippen LogP contribution in [0.5, 0.6) is 0 Å². The normalized spacial score (nSPS) is 26.4. The van der Waals surface area contributed by atoms with E-state index in [0.29, 0.717) is 12.2 Å². The summed E-state index contributed by atoms with van der Waals surface area (Å²) in [7, 11) is 0. The fourth-order valence-electron chi connectivity index (χ4n) is 3.20. The molecule has 3 nitrogen and oxygen atoms in total. The number of nitrogens with zero attached hydrogens (tertiary/aromatic N) is 1. The van der Waals surface area contributed by atoms with E-state index in [4.69, 9.17) is 4.74 Å². The van der Waals surface area contributed by atoms with Crippen molar-refractivity contribution in [2.24, 2.45) is 0 Å². The molecular formula is C15H23ClN2O. The molecular weight excluding hydrogens is 260 g/mol. The summed E-state index contributed by atoms with van der Waals surface area (Å²) in [5.74, 6) is 0. The maximum Gasteiger partial charge on any atom is 0.0678 e. The lowest BCUT2D eigenvalue weighted by atomic mass is 10.1. The standard InChI is InChI=1S/C15H22N2O.ClH/c1-11-8-17(9-12(2)18-11)10-14-5-3-4-13-6-7-16-15(13)14;/h3-5,11-12,16H,6-10H2,1-2H3;1H/t11-,12+;. The molecule has 0 radical (unpaired) electrons. The van der Waals surface area contributed by atoms with E-state index in [1.54, 1.807) is 0 Å². The van der Waals surface area contributed by atoms with Crippen molar-refractivity contribution in [3.05, 3.63) is 29.3 Å². The van der Waals surface area contributed by atoms with Crippen LogP contribution in [0.4, 0.5) is 5.69 Å². The Morgan fingerprint density at radius 2 is 2.00 bits per heavy atom. The second kappa shape index (κ2) is 6.12. The van der Waals surface area contributed by atoms with Crippen LogP contribution < -0.4 is 5.32 Å². The Balaban J connectivity index is 0.00000133. The molecule has 1 saturated heterocycles. The first-order valence-corrected chi connectivity index (χ1v) is 6.95. The van der Waals surface area contributed by atoms with Crippen molar-refractivity contribution in [3.8, 4) is 0 Å². The first-order chi connectivity index (χ1) is 8.72. The van der Waals surface area contributed by atoms with Crippen LogP contribution in [0.25, 0.3) is 0 Å². The number of para-hydroxylation sites is 1. The van der Waals surface area contributed by atoms with Gasteiger partial charge in [-0.25, -0.2) is 0 Å². The number of hydrogen-bond acceptors (Lipinski definition) is 3. The third-order valence-electron chi connectivity index (χ3n) is 3.82. The second-order valence-corrected chi connectivity index (χ2v) is 5.58. The number of ether oxygens (including phenoxy) is 1. The number of rotatable bonds is 2. The number of morpholine rings is 1. The number of hydrogen-bond donors (Lipinski definition) is 1. The van der Waals surface area contributed by atoms with Crippen LogP contribution in [0.15, 0.2) is 18.2 Å². The Bertz CT molecular complexity index is 428. The van der Waals surface area contributed by atoms with Gasteiger partial charge in [-0.05, 0) is 31.4 Å². The van der Waals surface area contributed by atoms with Crippen LogP contribution in [0.3, 0.4) is 0 Å². The molecule has 2 atom stereocenters. The molecule has 0 aromatic heterocycles. The maximum absolute atomic E-state index is 5.79. The van der Waals surface area contributed by atoms with E-state index in [-0.39, 0.29) is 12.4 Å². The van der Waals surface area contributed by atoms with Gasteiger partial charge < -0.3 is 10.1 Å². The Morgan fingerprint density at radius 1 is 1.26 bits per heavy atom. The smallest absolute Gasteiger partial charge is 0.0678 e. The fourth-order valence-corrected chi connectivity index (χ4v) is 3.20. The largest absolute Gasteiger partial charge is 0.384 e. The van der Waals surface area contributed by atoms with E-state index in [2.05, 4.69) is 42.3 Å². The average molecular weight is 283 g/mol. The molecule has 3 rings (SSSR count). The van der Waals surface area contributed by atoms with Gasteiger partial charge in [0.05, 0.1) is 12.2 Å². The summed E-state index contributed by atoms with van der Waals surface area (Å²) >= 11 is 0. The van der Waals surface area contributed by atoms with E-state index < -0.39 is 0 Å². The minimum absolute atomic E-state index is 0. The highest BCUT2D eigenvalue weighted by molar-refractivity contribution is 5.85. The SMILES string of the molecule is C[C@@H]1CN(Cc2cccc3c2NCC3)C[C@H](C)O1.Cl. The average Bonchev–Trinajstić information content (AvgIpc) is 2.76. The minimum atomic E-state index is 0. The van der Waals surface area contributed by atoms with Crippen LogP contribution in [0.2, 0.25) is 0 Å². The maximum atomic E-state index is 5.79. The molecule has 106 valence electrons. The molecule has 1 fully saturated rings. The molecule has 1 N–H and O–H groups in total. The highest BCUT2D eigenvalue weighted by atomic mass is 35.5. The zero-order valence-corrected chi connectivity index (χ0v) is 12.5. The van der Waals surface area contributed by atoms with Gasteiger partial charge in [-0.1, -0.05) is 18.2 Å². The van der Waals surface area contributed by atoms with Crippen molar-refractivity contribution in [1.82, 2.24) is 4.90 Å². The van der Waals surface area contributed by atoms with Gasteiger partial charge in [0.15, 0.2) is 0 Å². The molecule has 0 spiro atoms. The summed E-state index contributed by atoms with van der Waals surface area (Å²) in [6, 6.07) is 6.68. The predicted octanol–water partition coefficient (Wildman–Crippen LogP) is 2.69. The van der Waals surface area contributed by atoms with Gasteiger partial charge >= 0.3 is 0 Å². The monoisotopic (exact) mass is 282 g/mol. The zero-order chi connectivity index (χ0) is 12.5. The molecule has 0 bridgehead atoms. The van der Waals surface area contributed by atoms with E-state index >= 15 is 0 Å². The van der Waals surface area contributed by atoms with E-state index in [9.17, 15) is 0 Å². The first kappa shape index (κ1) is 14.6. The summed E-state index contributed by atoms with van der Waals surface area (Å²) < 4.78 is 5.79. The molecule has 0 unspecified atom stereocenters. The summed E-state index contributed by atoms with van der Waals surface area (Å²) in [5, 5.41) is 3.52. The van der Waals surface area contributed by atoms with Gasteiger partial charge in [-0.2, -0.15) is 0 Å². The first-order valence-electron chi connectivity index (χ1n) is 6.95. The van der Waals surface area contributed by atoms with E-state index in [1.165, 1.54) is 23.2 Å². The lowest BCUT2D eigenvalue weighted by Crippen LogP contribution is -2.44. The van der Waals surface area contributed by atoms with Gasteiger partial charge in [0.25, 0.3) is 0 Å². The van der Waals surface area contributed by atoms with Crippen LogP contribution in [0, 0.1) is 0 Å². The third kappa shape index (κ3) is 3.22. The Morgan fingerprint density at radius 3 is 2.74 bits per heavy atom. The van der Waals surface area contributed by atoms with Crippen molar-refractivity contribution < 1.29 is 4.74 Å². The lowest BCUT2D eigenvalue weighted by molar-refractivity contribution is -0.0704. The molecule has 1 aromatic rings. The number of halogens is 1. The van der Waals surface area contributed by atoms with Crippen LogP contribution >= 0.6 is 12.4 Å². The zero-order valence-electron chi connectivity index (χ0n) is 11.7. The van der Waals surface area contributed by atoms with Crippen molar-refractivity contribution in [2.45, 2.75) is 39.0 Å². The van der Waals surface area contributed by atoms with Gasteiger partial charge in [0.1, 0.15) is 0 Å². The Labute approximate surface area is 121 Å². The Kier molecular flexibility index (Phi) is 4.71. The molecule has 0 amide bonds. The number of fused-ring (bicyclic) bond motifs is 1. The van der Waals surface area contributed by atoms with E-state index in [0.717, 1.165) is 26.2 Å². The van der Waals surface area contributed by atoms with Gasteiger partial charge in [0.2, 0.25) is 0 Å². The van der Waals surface area contributed by atoms with Crippen LogP contribution in [-0.4, -0.2) is 36.7 Å². The minimum Gasteiger partial charge on any atom is -0.384 e. The van der Waals surface area contributed by atoms with Crippen molar-refractivity contribution >= 4 is 18.1 Å². The molecule has 19 heavy (non-hydrogen) atoms. The van der Waals surface area contributed by atoms with Crippen molar-refractivity contribution in [2.75, 3.05) is 25.0 Å². The van der Waals surface area contributed by atoms with Gasteiger partial charge in [-0.3, -0.25) is 4.90 Å². The van der Waals surface area contributed by atoms with Crippen molar-refractivity contribution in [1.29, 1.82) is 0 Å². The van der Waals surface area contributed by atoms with Gasteiger partial charge in [0, 0.05) is 31.9 Å². The quantitative estimate of drug-likeness (QED) is 0.903. The predicted molar refractivity (Wildman–Crippen MR) is 81.2 cm³/mol. The summed E-state index contributed by atoms with van der Waals surface area (Å²) in [6.45, 7) is 8.52. The van der Waals surface area contributed by atoms with Gasteiger partial charge in [-0.15, -0.1) is 12.4 Å². The molecule has 4 heteroatoms. The van der Waals surface area contributed by atoms with Crippen LogP contribution in [-0.2, 0) is 17.7 Å². The van der Waals surface area contributed by atoms with E-state index in [1.807, 2.05) is 0 Å². The Hall–Kier alpha value is -0.770. The van der Waals surface area contributed by atoms with Crippen molar-refractivity contribution in [3.63, 3.8) is 0 Å². The molecule has 2 aliphatic heterocycles. The lowest BCUT2D eigenvalue weighted by Gasteiger charge is -2.35. The molecule has 0 saturated carbocycles. The number of nitrogens with one attached hydrogen (secondary N) is 1. The summed E-state index contributed by atoms with van der Waals surface area (Å²) in [4.78, 5) is 2.51.